The summed E-state index contributed by atoms with van der Waals surface area (Å²) in [6.07, 6.45) is 1.27. The number of rotatable bonds is 4. The normalized spacial score (nSPS) is 12.5. The fraction of sp³-hybridized carbons (Fsp3) is 0.269. The minimum absolute atomic E-state index is 0.0668. The van der Waals surface area contributed by atoms with E-state index in [1.807, 2.05) is 76.2 Å². The first-order chi connectivity index (χ1) is 15.6. The van der Waals surface area contributed by atoms with Gasteiger partial charge in [0, 0.05) is 30.0 Å². The lowest BCUT2D eigenvalue weighted by atomic mass is 10.1. The minimum Gasteiger partial charge on any atom is -0.443 e. The van der Waals surface area contributed by atoms with Crippen molar-refractivity contribution in [1.82, 2.24) is 14.9 Å². The van der Waals surface area contributed by atoms with E-state index in [0.717, 1.165) is 27.4 Å². The molecular formula is C26H27N3O4. The van der Waals surface area contributed by atoms with E-state index in [2.05, 4.69) is 10.3 Å². The lowest BCUT2D eigenvalue weighted by Crippen LogP contribution is -2.26. The number of aromatic nitrogens is 2. The zero-order valence-electron chi connectivity index (χ0n) is 19.4. The predicted octanol–water partition coefficient (Wildman–Crippen LogP) is 5.96. The van der Waals surface area contributed by atoms with Crippen LogP contribution in [0.5, 0.6) is 11.6 Å². The molecular weight excluding hydrogens is 418 g/mol. The van der Waals surface area contributed by atoms with Crippen LogP contribution in [0.3, 0.4) is 0 Å². The van der Waals surface area contributed by atoms with Crippen molar-refractivity contribution < 1.29 is 19.1 Å². The zero-order chi connectivity index (χ0) is 23.8. The van der Waals surface area contributed by atoms with Gasteiger partial charge in [0.25, 0.3) is 0 Å². The maximum absolute atomic E-state index is 12.4. The number of nitrogens with one attached hydrogen (secondary N) is 1. The predicted molar refractivity (Wildman–Crippen MR) is 128 cm³/mol. The lowest BCUT2D eigenvalue weighted by Gasteiger charge is -2.19. The summed E-state index contributed by atoms with van der Waals surface area (Å²) < 4.78 is 12.9. The SMILES string of the molecule is CC(=O)NC(C)c1ccc2nc(Oc3ccc4c(ccn4C(=O)OC(C)(C)C)c3)ccc2c1. The Morgan fingerprint density at radius 3 is 2.52 bits per heavy atom. The van der Waals surface area contributed by atoms with Crippen molar-refractivity contribution in [2.75, 3.05) is 0 Å². The van der Waals surface area contributed by atoms with Gasteiger partial charge in [0.1, 0.15) is 11.4 Å². The first-order valence-electron chi connectivity index (χ1n) is 10.8. The van der Waals surface area contributed by atoms with Crippen LogP contribution in [-0.4, -0.2) is 27.2 Å². The number of fused-ring (bicyclic) bond motifs is 2. The number of ether oxygens (including phenoxy) is 2. The maximum Gasteiger partial charge on any atom is 0.418 e. The van der Waals surface area contributed by atoms with Gasteiger partial charge in [0.2, 0.25) is 11.8 Å². The van der Waals surface area contributed by atoms with Crippen LogP contribution in [0, 0.1) is 0 Å². The number of hydrogen-bond donors (Lipinski definition) is 1. The summed E-state index contributed by atoms with van der Waals surface area (Å²) in [6.45, 7) is 8.96. The second-order valence-corrected chi connectivity index (χ2v) is 9.01. The third kappa shape index (κ3) is 5.14. The number of nitrogens with zero attached hydrogens (tertiary/aromatic N) is 2. The number of benzene rings is 2. The monoisotopic (exact) mass is 445 g/mol. The molecule has 1 atom stereocenters. The summed E-state index contributed by atoms with van der Waals surface area (Å²) in [7, 11) is 0. The molecule has 1 unspecified atom stereocenters. The molecule has 7 heteroatoms. The largest absolute Gasteiger partial charge is 0.443 e. The third-order valence-corrected chi connectivity index (χ3v) is 5.08. The van der Waals surface area contributed by atoms with Crippen LogP contribution in [0.1, 0.15) is 46.2 Å². The summed E-state index contributed by atoms with van der Waals surface area (Å²) in [5.74, 6) is 1.02. The molecule has 0 saturated heterocycles. The van der Waals surface area contributed by atoms with E-state index in [0.29, 0.717) is 11.6 Å². The molecule has 0 bridgehead atoms. The van der Waals surface area contributed by atoms with Crippen molar-refractivity contribution in [3.8, 4) is 11.6 Å². The van der Waals surface area contributed by atoms with E-state index < -0.39 is 11.7 Å². The highest BCUT2D eigenvalue weighted by atomic mass is 16.6. The van der Waals surface area contributed by atoms with Crippen LogP contribution in [0.2, 0.25) is 0 Å². The Hall–Kier alpha value is -3.87. The Morgan fingerprint density at radius 1 is 1.00 bits per heavy atom. The summed E-state index contributed by atoms with van der Waals surface area (Å²) >= 11 is 0. The Labute approximate surface area is 192 Å². The van der Waals surface area contributed by atoms with Crippen LogP contribution in [-0.2, 0) is 9.53 Å². The molecule has 4 aromatic rings. The molecule has 0 saturated carbocycles. The molecule has 2 heterocycles. The fourth-order valence-electron chi connectivity index (χ4n) is 3.61. The zero-order valence-corrected chi connectivity index (χ0v) is 19.4. The average Bonchev–Trinajstić information content (AvgIpc) is 3.15. The van der Waals surface area contributed by atoms with Crippen LogP contribution in [0.4, 0.5) is 4.79 Å². The van der Waals surface area contributed by atoms with E-state index in [1.54, 1.807) is 12.3 Å². The van der Waals surface area contributed by atoms with Gasteiger partial charge in [-0.15, -0.1) is 0 Å². The molecule has 0 radical (unpaired) electrons. The number of carbonyl (C=O) groups is 2. The quantitative estimate of drug-likeness (QED) is 0.419. The number of amides is 1. The Balaban J connectivity index is 1.54. The molecule has 33 heavy (non-hydrogen) atoms. The highest BCUT2D eigenvalue weighted by Gasteiger charge is 2.19. The summed E-state index contributed by atoms with van der Waals surface area (Å²) in [5.41, 5.74) is 1.97. The van der Waals surface area contributed by atoms with E-state index in [9.17, 15) is 9.59 Å². The molecule has 0 aliphatic carbocycles. The van der Waals surface area contributed by atoms with Crippen molar-refractivity contribution in [2.24, 2.45) is 0 Å². The molecule has 0 fully saturated rings. The summed E-state index contributed by atoms with van der Waals surface area (Å²) in [4.78, 5) is 28.3. The Morgan fingerprint density at radius 2 is 1.79 bits per heavy atom. The Kier molecular flexibility index (Phi) is 5.80. The second-order valence-electron chi connectivity index (χ2n) is 9.01. The first kappa shape index (κ1) is 22.3. The third-order valence-electron chi connectivity index (χ3n) is 5.08. The van der Waals surface area contributed by atoms with Gasteiger partial charge in [-0.25, -0.2) is 9.78 Å². The summed E-state index contributed by atoms with van der Waals surface area (Å²) in [5, 5.41) is 4.70. The van der Waals surface area contributed by atoms with Gasteiger partial charge in [-0.3, -0.25) is 9.36 Å². The fourth-order valence-corrected chi connectivity index (χ4v) is 3.61. The molecule has 0 aliphatic heterocycles. The molecule has 170 valence electrons. The van der Waals surface area contributed by atoms with Gasteiger partial charge >= 0.3 is 6.09 Å². The molecule has 2 aromatic carbocycles. The van der Waals surface area contributed by atoms with Crippen LogP contribution >= 0.6 is 0 Å². The van der Waals surface area contributed by atoms with Gasteiger partial charge in [-0.1, -0.05) is 6.07 Å². The van der Waals surface area contributed by atoms with E-state index in [1.165, 1.54) is 11.5 Å². The standard InChI is InChI=1S/C26H27N3O4/c1-16(27-17(2)30)18-6-9-22-19(14-18)7-11-24(28-22)32-21-8-10-23-20(15-21)12-13-29(23)25(31)33-26(3,4)5/h6-16H,1-5H3,(H,27,30). The number of hydrogen-bond acceptors (Lipinski definition) is 5. The van der Waals surface area contributed by atoms with Crippen molar-refractivity contribution in [3.63, 3.8) is 0 Å². The van der Waals surface area contributed by atoms with Crippen LogP contribution in [0.15, 0.2) is 60.8 Å². The Bertz CT molecular complexity index is 1350. The molecule has 4 rings (SSSR count). The van der Waals surface area contributed by atoms with E-state index >= 15 is 0 Å². The van der Waals surface area contributed by atoms with Crippen LogP contribution < -0.4 is 10.1 Å². The van der Waals surface area contributed by atoms with Crippen molar-refractivity contribution in [3.05, 3.63) is 66.4 Å². The van der Waals surface area contributed by atoms with Crippen molar-refractivity contribution >= 4 is 33.8 Å². The maximum atomic E-state index is 12.4. The highest BCUT2D eigenvalue weighted by Crippen LogP contribution is 2.28. The molecule has 0 spiro atoms. The molecule has 2 aromatic heterocycles. The van der Waals surface area contributed by atoms with Gasteiger partial charge in [0.05, 0.1) is 17.1 Å². The van der Waals surface area contributed by atoms with E-state index in [4.69, 9.17) is 9.47 Å². The van der Waals surface area contributed by atoms with Gasteiger partial charge in [-0.2, -0.15) is 0 Å². The molecule has 7 nitrogen and oxygen atoms in total. The average molecular weight is 446 g/mol. The van der Waals surface area contributed by atoms with E-state index in [-0.39, 0.29) is 11.9 Å². The van der Waals surface area contributed by atoms with Crippen molar-refractivity contribution in [2.45, 2.75) is 46.3 Å². The lowest BCUT2D eigenvalue weighted by molar-refractivity contribution is -0.119. The van der Waals surface area contributed by atoms with Crippen LogP contribution in [0.25, 0.3) is 21.8 Å². The highest BCUT2D eigenvalue weighted by molar-refractivity contribution is 5.90. The van der Waals surface area contributed by atoms with Crippen molar-refractivity contribution in [1.29, 1.82) is 0 Å². The van der Waals surface area contributed by atoms with Gasteiger partial charge in [-0.05, 0) is 75.7 Å². The molecule has 1 amide bonds. The second kappa shape index (κ2) is 8.58. The first-order valence-corrected chi connectivity index (χ1v) is 10.8. The van der Waals surface area contributed by atoms with Gasteiger partial charge < -0.3 is 14.8 Å². The number of carbonyl (C=O) groups excluding carboxylic acids is 2. The minimum atomic E-state index is -0.568. The topological polar surface area (TPSA) is 82.5 Å². The smallest absolute Gasteiger partial charge is 0.418 e. The molecule has 0 aliphatic rings. The summed E-state index contributed by atoms with van der Waals surface area (Å²) in [6, 6.07) is 16.9. The molecule has 1 N–H and O–H groups in total. The van der Waals surface area contributed by atoms with Gasteiger partial charge in [0.15, 0.2) is 0 Å². The number of pyridine rings is 1.